The molecule has 0 spiro atoms. The van der Waals surface area contributed by atoms with Crippen molar-refractivity contribution >= 4 is 35.2 Å². The lowest BCUT2D eigenvalue weighted by Crippen LogP contribution is -2.54. The zero-order chi connectivity index (χ0) is 19.6. The number of aliphatic hydroxyl groups is 1. The number of carbonyl (C=O) groups excluding carboxylic acids is 5. The van der Waals surface area contributed by atoms with Crippen molar-refractivity contribution in [3.8, 4) is 0 Å². The number of aliphatic hydroxyl groups excluding tert-OH is 1. The van der Waals surface area contributed by atoms with Crippen molar-refractivity contribution in [3.05, 3.63) is 29.3 Å². The van der Waals surface area contributed by atoms with Gasteiger partial charge in [0.05, 0.1) is 16.8 Å². The van der Waals surface area contributed by atoms with Crippen LogP contribution in [0.1, 0.15) is 52.8 Å². The van der Waals surface area contributed by atoms with Gasteiger partial charge in [-0.25, -0.2) is 0 Å². The average molecular weight is 373 g/mol. The lowest BCUT2D eigenvalue weighted by molar-refractivity contribution is -0.136. The van der Waals surface area contributed by atoms with Gasteiger partial charge in [0.15, 0.2) is 0 Å². The fraction of sp³-hybridized carbons (Fsp3) is 0.389. The minimum absolute atomic E-state index is 0.0120. The predicted octanol–water partition coefficient (Wildman–Crippen LogP) is 0.189. The lowest BCUT2D eigenvalue weighted by Gasteiger charge is -2.27. The van der Waals surface area contributed by atoms with Crippen LogP contribution in [0.4, 0.5) is 5.69 Å². The van der Waals surface area contributed by atoms with E-state index in [2.05, 4.69) is 10.6 Å². The Balaban J connectivity index is 1.83. The van der Waals surface area contributed by atoms with Gasteiger partial charge in [0.2, 0.25) is 17.7 Å². The van der Waals surface area contributed by atoms with E-state index in [0.717, 1.165) is 4.90 Å². The molecule has 142 valence electrons. The van der Waals surface area contributed by atoms with E-state index in [1.54, 1.807) is 6.07 Å². The normalized spacial score (nSPS) is 19.1. The largest absolute Gasteiger partial charge is 0.396 e. The molecule has 9 heteroatoms. The van der Waals surface area contributed by atoms with Crippen molar-refractivity contribution in [2.45, 2.75) is 38.1 Å². The van der Waals surface area contributed by atoms with E-state index in [9.17, 15) is 24.0 Å². The first-order chi connectivity index (χ1) is 12.9. The number of hydrogen-bond acceptors (Lipinski definition) is 6. The molecule has 5 amide bonds. The molecule has 1 fully saturated rings. The van der Waals surface area contributed by atoms with Crippen LogP contribution in [-0.4, -0.2) is 52.2 Å². The first-order valence-corrected chi connectivity index (χ1v) is 8.69. The summed E-state index contributed by atoms with van der Waals surface area (Å²) in [6, 6.07) is 3.47. The topological polar surface area (TPSA) is 133 Å². The summed E-state index contributed by atoms with van der Waals surface area (Å²) < 4.78 is 0. The quantitative estimate of drug-likeness (QED) is 0.482. The van der Waals surface area contributed by atoms with Crippen LogP contribution in [0.5, 0.6) is 0 Å². The maximum absolute atomic E-state index is 12.9. The number of fused-ring (bicyclic) bond motifs is 1. The molecule has 1 atom stereocenters. The highest BCUT2D eigenvalue weighted by molar-refractivity contribution is 6.26. The molecule has 27 heavy (non-hydrogen) atoms. The molecule has 0 bridgehead atoms. The Hall–Kier alpha value is -3.07. The Labute approximate surface area is 154 Å². The van der Waals surface area contributed by atoms with E-state index in [0.29, 0.717) is 12.8 Å². The van der Waals surface area contributed by atoms with E-state index in [1.807, 2.05) is 0 Å². The summed E-state index contributed by atoms with van der Waals surface area (Å²) in [7, 11) is 0. The summed E-state index contributed by atoms with van der Waals surface area (Å²) in [5.41, 5.74) is 0.357. The monoisotopic (exact) mass is 373 g/mol. The lowest BCUT2D eigenvalue weighted by atomic mass is 10.0. The number of unbranched alkanes of at least 4 members (excludes halogenated alkanes) is 1. The Bertz CT molecular complexity index is 834. The van der Waals surface area contributed by atoms with Crippen molar-refractivity contribution in [1.82, 2.24) is 10.2 Å². The number of piperidine rings is 1. The first kappa shape index (κ1) is 18.7. The van der Waals surface area contributed by atoms with Gasteiger partial charge in [0.1, 0.15) is 6.04 Å². The highest BCUT2D eigenvalue weighted by Gasteiger charge is 2.45. The highest BCUT2D eigenvalue weighted by atomic mass is 16.3. The van der Waals surface area contributed by atoms with E-state index in [-0.39, 0.29) is 48.6 Å². The number of amides is 5. The number of anilines is 1. The molecule has 1 unspecified atom stereocenters. The van der Waals surface area contributed by atoms with Gasteiger partial charge < -0.3 is 10.4 Å². The summed E-state index contributed by atoms with van der Waals surface area (Å²) in [6.45, 7) is -0.0120. The Morgan fingerprint density at radius 2 is 1.96 bits per heavy atom. The van der Waals surface area contributed by atoms with Gasteiger partial charge in [0.25, 0.3) is 11.8 Å². The molecule has 0 aliphatic carbocycles. The molecule has 0 radical (unpaired) electrons. The molecule has 2 aliphatic heterocycles. The van der Waals surface area contributed by atoms with Crippen LogP contribution in [0.2, 0.25) is 0 Å². The number of nitrogens with zero attached hydrogens (tertiary/aromatic N) is 1. The SMILES string of the molecule is O=C1CCC(N2C(=O)c3cccc(NC(=O)CCCCO)c3C2=O)C(=O)N1. The molecule has 1 saturated heterocycles. The molecule has 9 nitrogen and oxygen atoms in total. The molecular formula is C18H19N3O6. The Morgan fingerprint density at radius 1 is 1.19 bits per heavy atom. The van der Waals surface area contributed by atoms with Crippen LogP contribution in [0.25, 0.3) is 0 Å². The van der Waals surface area contributed by atoms with E-state index >= 15 is 0 Å². The van der Waals surface area contributed by atoms with Crippen molar-refractivity contribution in [1.29, 1.82) is 0 Å². The van der Waals surface area contributed by atoms with Crippen LogP contribution in [0.3, 0.4) is 0 Å². The van der Waals surface area contributed by atoms with Crippen LogP contribution in [-0.2, 0) is 14.4 Å². The molecule has 2 aliphatic rings. The van der Waals surface area contributed by atoms with Gasteiger partial charge in [-0.2, -0.15) is 0 Å². The summed E-state index contributed by atoms with van der Waals surface area (Å²) in [6.07, 6.45) is 1.26. The molecule has 1 aromatic carbocycles. The Morgan fingerprint density at radius 3 is 2.67 bits per heavy atom. The third-order valence-corrected chi connectivity index (χ3v) is 4.55. The van der Waals surface area contributed by atoms with Gasteiger partial charge in [-0.15, -0.1) is 0 Å². The van der Waals surface area contributed by atoms with E-state index < -0.39 is 29.7 Å². The van der Waals surface area contributed by atoms with Crippen LogP contribution < -0.4 is 10.6 Å². The minimum Gasteiger partial charge on any atom is -0.396 e. The van der Waals surface area contributed by atoms with Gasteiger partial charge in [-0.1, -0.05) is 6.07 Å². The zero-order valence-corrected chi connectivity index (χ0v) is 14.5. The maximum atomic E-state index is 12.9. The summed E-state index contributed by atoms with van der Waals surface area (Å²) in [5, 5.41) is 13.5. The minimum atomic E-state index is -1.05. The first-order valence-electron chi connectivity index (χ1n) is 8.69. The molecule has 1 aromatic rings. The van der Waals surface area contributed by atoms with E-state index in [1.165, 1.54) is 12.1 Å². The van der Waals surface area contributed by atoms with Gasteiger partial charge in [0, 0.05) is 19.4 Å². The number of rotatable bonds is 6. The fourth-order valence-corrected chi connectivity index (χ4v) is 3.23. The average Bonchev–Trinajstić information content (AvgIpc) is 2.88. The van der Waals surface area contributed by atoms with Gasteiger partial charge in [-0.3, -0.25) is 34.2 Å². The predicted molar refractivity (Wildman–Crippen MR) is 92.7 cm³/mol. The fourth-order valence-electron chi connectivity index (χ4n) is 3.23. The third kappa shape index (κ3) is 3.59. The number of carbonyl (C=O) groups is 5. The summed E-state index contributed by atoms with van der Waals surface area (Å²) >= 11 is 0. The smallest absolute Gasteiger partial charge is 0.264 e. The number of imide groups is 2. The van der Waals surface area contributed by atoms with Crippen molar-refractivity contribution in [2.24, 2.45) is 0 Å². The van der Waals surface area contributed by atoms with Crippen molar-refractivity contribution in [2.75, 3.05) is 11.9 Å². The third-order valence-electron chi connectivity index (χ3n) is 4.55. The number of nitrogens with one attached hydrogen (secondary N) is 2. The highest BCUT2D eigenvalue weighted by Crippen LogP contribution is 2.32. The molecule has 0 aromatic heterocycles. The number of benzene rings is 1. The molecular weight excluding hydrogens is 354 g/mol. The van der Waals surface area contributed by atoms with Crippen molar-refractivity contribution in [3.63, 3.8) is 0 Å². The number of hydrogen-bond donors (Lipinski definition) is 3. The standard InChI is InChI=1S/C18H19N3O6/c22-9-2-1-6-13(23)19-11-5-3-4-10-15(11)18(27)21(17(10)26)12-7-8-14(24)20-16(12)25/h3-5,12,22H,1-2,6-9H2,(H,19,23)(H,20,24,25). The van der Waals surface area contributed by atoms with Gasteiger partial charge in [-0.05, 0) is 31.4 Å². The summed E-state index contributed by atoms with van der Waals surface area (Å²) in [4.78, 5) is 61.8. The molecule has 3 N–H and O–H groups in total. The Kier molecular flexibility index (Phi) is 5.31. The molecule has 2 heterocycles. The second-order valence-corrected chi connectivity index (χ2v) is 6.40. The van der Waals surface area contributed by atoms with Crippen molar-refractivity contribution < 1.29 is 29.1 Å². The maximum Gasteiger partial charge on any atom is 0.264 e. The second-order valence-electron chi connectivity index (χ2n) is 6.40. The molecule has 3 rings (SSSR count). The van der Waals surface area contributed by atoms with Gasteiger partial charge >= 0.3 is 0 Å². The van der Waals surface area contributed by atoms with Crippen LogP contribution in [0, 0.1) is 0 Å². The summed E-state index contributed by atoms with van der Waals surface area (Å²) in [5.74, 6) is -2.76. The molecule has 0 saturated carbocycles. The second kappa shape index (κ2) is 7.67. The van der Waals surface area contributed by atoms with E-state index in [4.69, 9.17) is 5.11 Å². The zero-order valence-electron chi connectivity index (χ0n) is 14.5. The van der Waals surface area contributed by atoms with Crippen LogP contribution >= 0.6 is 0 Å². The van der Waals surface area contributed by atoms with Crippen LogP contribution in [0.15, 0.2) is 18.2 Å².